The van der Waals surface area contributed by atoms with E-state index in [2.05, 4.69) is 9.71 Å². The smallest absolute Gasteiger partial charge is 0.252 e. The van der Waals surface area contributed by atoms with Crippen LogP contribution in [-0.2, 0) is 10.0 Å². The summed E-state index contributed by atoms with van der Waals surface area (Å²) >= 11 is 0. The molecule has 21 heavy (non-hydrogen) atoms. The van der Waals surface area contributed by atoms with Crippen molar-refractivity contribution in [2.45, 2.75) is 0 Å². The molecule has 0 heterocycles. The number of carbonyl (C=O) groups excluding carboxylic acids is 1. The molecule has 1 rings (SSSR count). The number of hydrogen-bond donors (Lipinski definition) is 2. The topological polar surface area (TPSA) is 105 Å². The van der Waals surface area contributed by atoms with Gasteiger partial charge in [-0.05, 0) is 12.1 Å². The van der Waals surface area contributed by atoms with Gasteiger partial charge in [0.05, 0.1) is 6.26 Å². The van der Waals surface area contributed by atoms with Crippen LogP contribution in [0.3, 0.4) is 0 Å². The first-order valence-electron chi connectivity index (χ1n) is 6.30. The standard InChI is InChI=1S/C13H20N4O3S/c1-17(2)12(16-21(3,19)20)10-4-6-11(7-5-10)13(18)15-9-8-14/h4-7H,8-9,14H2,1-3H3,(H,15,18). The monoisotopic (exact) mass is 312 g/mol. The number of amidine groups is 1. The number of benzene rings is 1. The van der Waals surface area contributed by atoms with Crippen molar-refractivity contribution in [1.29, 1.82) is 0 Å². The van der Waals surface area contributed by atoms with Gasteiger partial charge in [-0.3, -0.25) is 4.79 Å². The van der Waals surface area contributed by atoms with Crippen LogP contribution in [-0.4, -0.2) is 58.5 Å². The summed E-state index contributed by atoms with van der Waals surface area (Å²) in [5.41, 5.74) is 6.41. The van der Waals surface area contributed by atoms with Crippen LogP contribution < -0.4 is 11.1 Å². The Bertz CT molecular complexity index is 621. The Morgan fingerprint density at radius 2 is 1.76 bits per heavy atom. The molecule has 1 amide bonds. The summed E-state index contributed by atoms with van der Waals surface area (Å²) in [7, 11) is -0.101. The number of amides is 1. The maximum atomic E-state index is 11.7. The Morgan fingerprint density at radius 3 is 2.19 bits per heavy atom. The van der Waals surface area contributed by atoms with Crippen LogP contribution in [0.1, 0.15) is 15.9 Å². The van der Waals surface area contributed by atoms with Crippen molar-refractivity contribution in [1.82, 2.24) is 10.2 Å². The Labute approximate surface area is 124 Å². The van der Waals surface area contributed by atoms with Crippen molar-refractivity contribution in [3.05, 3.63) is 35.4 Å². The number of rotatable bonds is 5. The molecule has 8 heteroatoms. The third-order valence-electron chi connectivity index (χ3n) is 2.51. The molecule has 0 fully saturated rings. The lowest BCUT2D eigenvalue weighted by atomic mass is 10.1. The van der Waals surface area contributed by atoms with Gasteiger partial charge in [0.1, 0.15) is 5.84 Å². The molecule has 7 nitrogen and oxygen atoms in total. The van der Waals surface area contributed by atoms with Gasteiger partial charge >= 0.3 is 0 Å². The molecule has 3 N–H and O–H groups in total. The highest BCUT2D eigenvalue weighted by Gasteiger charge is 2.11. The summed E-state index contributed by atoms with van der Waals surface area (Å²) in [6.07, 6.45) is 1.03. The molecule has 0 bridgehead atoms. The zero-order valence-electron chi connectivity index (χ0n) is 12.3. The average Bonchev–Trinajstić information content (AvgIpc) is 2.41. The quantitative estimate of drug-likeness (QED) is 0.571. The van der Waals surface area contributed by atoms with Gasteiger partial charge in [-0.2, -0.15) is 0 Å². The number of nitrogens with two attached hydrogens (primary N) is 1. The maximum absolute atomic E-state index is 11.7. The molecule has 0 atom stereocenters. The third kappa shape index (κ3) is 5.52. The second kappa shape index (κ2) is 7.19. The van der Waals surface area contributed by atoms with Crippen molar-refractivity contribution < 1.29 is 13.2 Å². The summed E-state index contributed by atoms with van der Waals surface area (Å²) in [5.74, 6) is 0.0878. The molecule has 0 aromatic heterocycles. The van der Waals surface area contributed by atoms with Crippen LogP contribution in [0.15, 0.2) is 28.7 Å². The lowest BCUT2D eigenvalue weighted by Gasteiger charge is -2.15. The van der Waals surface area contributed by atoms with E-state index < -0.39 is 10.0 Å². The molecule has 0 unspecified atom stereocenters. The second-order valence-corrected chi connectivity index (χ2v) is 6.31. The fraction of sp³-hybridized carbons (Fsp3) is 0.385. The molecule has 0 aliphatic heterocycles. The first-order valence-corrected chi connectivity index (χ1v) is 8.15. The highest BCUT2D eigenvalue weighted by atomic mass is 32.2. The fourth-order valence-electron chi connectivity index (χ4n) is 1.61. The molecule has 1 aromatic carbocycles. The van der Waals surface area contributed by atoms with E-state index in [4.69, 9.17) is 5.73 Å². The molecule has 0 aliphatic carbocycles. The lowest BCUT2D eigenvalue weighted by Crippen LogP contribution is -2.29. The Balaban J connectivity index is 3.05. The molecule has 0 saturated heterocycles. The first kappa shape index (κ1) is 17.1. The van der Waals surface area contributed by atoms with E-state index in [0.717, 1.165) is 6.26 Å². The van der Waals surface area contributed by atoms with E-state index in [-0.39, 0.29) is 5.91 Å². The predicted octanol–water partition coefficient (Wildman–Crippen LogP) is -0.357. The summed E-state index contributed by atoms with van der Waals surface area (Å²) < 4.78 is 26.3. The van der Waals surface area contributed by atoms with E-state index >= 15 is 0 Å². The van der Waals surface area contributed by atoms with E-state index in [9.17, 15) is 13.2 Å². The van der Waals surface area contributed by atoms with Crippen LogP contribution in [0.4, 0.5) is 0 Å². The van der Waals surface area contributed by atoms with E-state index in [0.29, 0.717) is 30.1 Å². The number of carbonyl (C=O) groups is 1. The first-order chi connectivity index (χ1) is 9.74. The van der Waals surface area contributed by atoms with Crippen LogP contribution in [0.2, 0.25) is 0 Å². The normalized spacial score (nSPS) is 12.1. The minimum atomic E-state index is -3.50. The molecule has 0 aliphatic rings. The second-order valence-electron chi connectivity index (χ2n) is 4.66. The third-order valence-corrected chi connectivity index (χ3v) is 3.02. The van der Waals surface area contributed by atoms with Crippen LogP contribution in [0.25, 0.3) is 0 Å². The van der Waals surface area contributed by atoms with E-state index in [1.54, 1.807) is 43.3 Å². The molecule has 0 radical (unpaired) electrons. The SMILES string of the molecule is CN(C)C(=NS(C)(=O)=O)c1ccc(C(=O)NCCN)cc1. The van der Waals surface area contributed by atoms with E-state index in [1.165, 1.54) is 0 Å². The molecular weight excluding hydrogens is 292 g/mol. The van der Waals surface area contributed by atoms with Crippen molar-refractivity contribution in [3.63, 3.8) is 0 Å². The van der Waals surface area contributed by atoms with Gasteiger partial charge in [0.2, 0.25) is 0 Å². The minimum absolute atomic E-state index is 0.224. The molecule has 116 valence electrons. The molecule has 1 aromatic rings. The van der Waals surface area contributed by atoms with Gasteiger partial charge in [-0.25, -0.2) is 8.42 Å². The van der Waals surface area contributed by atoms with Crippen molar-refractivity contribution in [3.8, 4) is 0 Å². The van der Waals surface area contributed by atoms with Crippen LogP contribution in [0, 0.1) is 0 Å². The zero-order valence-corrected chi connectivity index (χ0v) is 13.1. The Hall–Kier alpha value is -1.93. The zero-order chi connectivity index (χ0) is 16.0. The van der Waals surface area contributed by atoms with Gasteiger partial charge in [0.15, 0.2) is 0 Å². The Kier molecular flexibility index (Phi) is 5.86. The Morgan fingerprint density at radius 1 is 1.24 bits per heavy atom. The highest BCUT2D eigenvalue weighted by molar-refractivity contribution is 7.89. The van der Waals surface area contributed by atoms with Crippen molar-refractivity contribution in [2.24, 2.45) is 10.1 Å². The largest absolute Gasteiger partial charge is 0.362 e. The number of sulfonamides is 1. The van der Waals surface area contributed by atoms with Crippen LogP contribution >= 0.6 is 0 Å². The van der Waals surface area contributed by atoms with Gasteiger partial charge in [0, 0.05) is 38.3 Å². The minimum Gasteiger partial charge on any atom is -0.362 e. The number of hydrogen-bond acceptors (Lipinski definition) is 4. The van der Waals surface area contributed by atoms with Crippen molar-refractivity contribution >= 4 is 21.8 Å². The summed E-state index contributed by atoms with van der Waals surface area (Å²) in [6, 6.07) is 6.54. The summed E-state index contributed by atoms with van der Waals surface area (Å²) in [5, 5.41) is 2.66. The average molecular weight is 312 g/mol. The van der Waals surface area contributed by atoms with Crippen molar-refractivity contribution in [2.75, 3.05) is 33.4 Å². The summed E-state index contributed by atoms with van der Waals surface area (Å²) in [4.78, 5) is 13.3. The lowest BCUT2D eigenvalue weighted by molar-refractivity contribution is 0.0954. The number of nitrogens with zero attached hydrogens (tertiary/aromatic N) is 2. The van der Waals surface area contributed by atoms with Gasteiger partial charge in [0.25, 0.3) is 15.9 Å². The predicted molar refractivity (Wildman–Crippen MR) is 82.9 cm³/mol. The fourth-order valence-corrected chi connectivity index (χ4v) is 2.19. The van der Waals surface area contributed by atoms with E-state index in [1.807, 2.05) is 0 Å². The molecular formula is C13H20N4O3S. The van der Waals surface area contributed by atoms with Gasteiger partial charge < -0.3 is 16.0 Å². The summed E-state index contributed by atoms with van der Waals surface area (Å²) in [6.45, 7) is 0.773. The highest BCUT2D eigenvalue weighted by Crippen LogP contribution is 2.09. The van der Waals surface area contributed by atoms with Gasteiger partial charge in [-0.1, -0.05) is 12.1 Å². The molecule has 0 saturated carbocycles. The number of nitrogens with one attached hydrogen (secondary N) is 1. The van der Waals surface area contributed by atoms with Gasteiger partial charge in [-0.15, -0.1) is 4.40 Å². The molecule has 0 spiro atoms. The van der Waals surface area contributed by atoms with Crippen LogP contribution in [0.5, 0.6) is 0 Å². The maximum Gasteiger partial charge on any atom is 0.252 e.